The minimum absolute atomic E-state index is 0.0707. The molecule has 5 heteroatoms. The molecule has 0 radical (unpaired) electrons. The molecule has 1 amide bonds. The molecular weight excluding hydrogens is 364 g/mol. The van der Waals surface area contributed by atoms with E-state index in [0.717, 1.165) is 54.8 Å². The number of rotatable bonds is 4. The van der Waals surface area contributed by atoms with Gasteiger partial charge in [0.1, 0.15) is 17.1 Å². The lowest BCUT2D eigenvalue weighted by Crippen LogP contribution is -2.49. The molecule has 2 heterocycles. The van der Waals surface area contributed by atoms with Crippen molar-refractivity contribution in [2.24, 2.45) is 0 Å². The molecule has 0 aliphatic carbocycles. The molecule has 1 saturated heterocycles. The van der Waals surface area contributed by atoms with Gasteiger partial charge in [0.05, 0.1) is 0 Å². The SMILES string of the molecule is CCN(CC)C(=O)c1ccc(C2CC3(CCNCC3)Oc3ccc(O)cc32)cc1. The number of aromatic hydroxyl groups is 1. The summed E-state index contributed by atoms with van der Waals surface area (Å²) < 4.78 is 6.48. The van der Waals surface area contributed by atoms with Crippen molar-refractivity contribution < 1.29 is 14.6 Å². The average molecular weight is 395 g/mol. The maximum Gasteiger partial charge on any atom is 0.253 e. The standard InChI is InChI=1S/C24H30N2O3/c1-3-26(4-2)23(28)18-7-5-17(6-8-18)21-16-24(11-13-25-14-12-24)29-22-10-9-19(27)15-20(21)22/h5-10,15,21,25,27H,3-4,11-14,16H2,1-2H3. The second-order valence-corrected chi connectivity index (χ2v) is 8.11. The highest BCUT2D eigenvalue weighted by atomic mass is 16.5. The van der Waals surface area contributed by atoms with Crippen LogP contribution in [0, 0.1) is 0 Å². The predicted molar refractivity (Wildman–Crippen MR) is 114 cm³/mol. The molecule has 4 rings (SSSR count). The zero-order valence-corrected chi connectivity index (χ0v) is 17.3. The second-order valence-electron chi connectivity index (χ2n) is 8.11. The van der Waals surface area contributed by atoms with Crippen LogP contribution in [0.25, 0.3) is 0 Å². The fraction of sp³-hybridized carbons (Fsp3) is 0.458. The minimum atomic E-state index is -0.171. The summed E-state index contributed by atoms with van der Waals surface area (Å²) in [7, 11) is 0. The zero-order valence-electron chi connectivity index (χ0n) is 17.3. The number of hydrogen-bond donors (Lipinski definition) is 2. The number of nitrogens with zero attached hydrogens (tertiary/aromatic N) is 1. The number of piperidine rings is 1. The van der Waals surface area contributed by atoms with Gasteiger partial charge in [0.15, 0.2) is 0 Å². The highest BCUT2D eigenvalue weighted by Crippen LogP contribution is 2.48. The molecule has 1 unspecified atom stereocenters. The molecule has 2 aromatic carbocycles. The topological polar surface area (TPSA) is 61.8 Å². The van der Waals surface area contributed by atoms with E-state index in [4.69, 9.17) is 4.74 Å². The first-order chi connectivity index (χ1) is 14.0. The third kappa shape index (κ3) is 3.84. The van der Waals surface area contributed by atoms with Crippen LogP contribution in [0.3, 0.4) is 0 Å². The van der Waals surface area contributed by atoms with E-state index in [0.29, 0.717) is 13.1 Å². The van der Waals surface area contributed by atoms with E-state index in [1.807, 2.05) is 43.0 Å². The molecule has 0 saturated carbocycles. The average Bonchev–Trinajstić information content (AvgIpc) is 2.75. The minimum Gasteiger partial charge on any atom is -0.508 e. The van der Waals surface area contributed by atoms with Gasteiger partial charge >= 0.3 is 0 Å². The van der Waals surface area contributed by atoms with Gasteiger partial charge in [-0.2, -0.15) is 0 Å². The molecule has 2 aliphatic heterocycles. The number of benzene rings is 2. The van der Waals surface area contributed by atoms with Crippen LogP contribution in [0.5, 0.6) is 11.5 Å². The summed E-state index contributed by atoms with van der Waals surface area (Å²) in [5.41, 5.74) is 2.73. The fourth-order valence-corrected chi connectivity index (χ4v) is 4.70. The largest absolute Gasteiger partial charge is 0.508 e. The van der Waals surface area contributed by atoms with Crippen molar-refractivity contribution in [3.63, 3.8) is 0 Å². The Labute approximate surface area is 172 Å². The highest BCUT2D eigenvalue weighted by Gasteiger charge is 2.42. The van der Waals surface area contributed by atoms with Crippen molar-refractivity contribution in [3.05, 3.63) is 59.2 Å². The number of hydrogen-bond acceptors (Lipinski definition) is 4. The number of carbonyl (C=O) groups excluding carboxylic acids is 1. The first-order valence-corrected chi connectivity index (χ1v) is 10.7. The number of ether oxygens (including phenoxy) is 1. The second kappa shape index (κ2) is 8.07. The molecule has 0 aromatic heterocycles. The van der Waals surface area contributed by atoms with Crippen LogP contribution in [-0.2, 0) is 0 Å². The lowest BCUT2D eigenvalue weighted by atomic mass is 9.75. The number of carbonyl (C=O) groups is 1. The molecule has 154 valence electrons. The van der Waals surface area contributed by atoms with Crippen LogP contribution in [0.15, 0.2) is 42.5 Å². The Morgan fingerprint density at radius 1 is 1.14 bits per heavy atom. The van der Waals surface area contributed by atoms with E-state index < -0.39 is 0 Å². The predicted octanol–water partition coefficient (Wildman–Crippen LogP) is 3.91. The summed E-state index contributed by atoms with van der Waals surface area (Å²) in [6.45, 7) is 7.33. The first kappa shape index (κ1) is 19.8. The normalized spacial score (nSPS) is 20.0. The summed E-state index contributed by atoms with van der Waals surface area (Å²) in [4.78, 5) is 14.5. The van der Waals surface area contributed by atoms with Gasteiger partial charge in [-0.15, -0.1) is 0 Å². The maximum absolute atomic E-state index is 12.6. The smallest absolute Gasteiger partial charge is 0.253 e. The van der Waals surface area contributed by atoms with Crippen LogP contribution in [0.1, 0.15) is 60.5 Å². The summed E-state index contributed by atoms with van der Waals surface area (Å²) in [6.07, 6.45) is 2.83. The Kier molecular flexibility index (Phi) is 5.50. The number of phenols is 1. The van der Waals surface area contributed by atoms with Gasteiger partial charge in [0, 0.05) is 30.1 Å². The van der Waals surface area contributed by atoms with Gasteiger partial charge in [0.25, 0.3) is 5.91 Å². The molecule has 2 N–H and O–H groups in total. The van der Waals surface area contributed by atoms with Gasteiger partial charge in [-0.1, -0.05) is 12.1 Å². The van der Waals surface area contributed by atoms with Crippen LogP contribution < -0.4 is 10.1 Å². The van der Waals surface area contributed by atoms with Gasteiger partial charge in [-0.05, 0) is 82.1 Å². The molecular formula is C24H30N2O3. The monoisotopic (exact) mass is 394 g/mol. The number of nitrogens with one attached hydrogen (secondary N) is 1. The first-order valence-electron chi connectivity index (χ1n) is 10.7. The third-order valence-electron chi connectivity index (χ3n) is 6.40. The molecule has 2 aliphatic rings. The van der Waals surface area contributed by atoms with Gasteiger partial charge in [-0.3, -0.25) is 4.79 Å². The van der Waals surface area contributed by atoms with E-state index >= 15 is 0 Å². The quantitative estimate of drug-likeness (QED) is 0.825. The van der Waals surface area contributed by atoms with E-state index in [1.165, 1.54) is 0 Å². The van der Waals surface area contributed by atoms with E-state index in [-0.39, 0.29) is 23.2 Å². The summed E-state index contributed by atoms with van der Waals surface area (Å²) in [6, 6.07) is 13.4. The molecule has 29 heavy (non-hydrogen) atoms. The zero-order chi connectivity index (χ0) is 20.4. The van der Waals surface area contributed by atoms with Gasteiger partial charge in [-0.25, -0.2) is 0 Å². The van der Waals surface area contributed by atoms with Crippen molar-refractivity contribution in [1.29, 1.82) is 0 Å². The number of fused-ring (bicyclic) bond motifs is 1. The molecule has 5 nitrogen and oxygen atoms in total. The Morgan fingerprint density at radius 2 is 1.83 bits per heavy atom. The van der Waals surface area contributed by atoms with Crippen LogP contribution >= 0.6 is 0 Å². The van der Waals surface area contributed by atoms with Crippen molar-refractivity contribution in [2.75, 3.05) is 26.2 Å². The fourth-order valence-electron chi connectivity index (χ4n) is 4.70. The summed E-state index contributed by atoms with van der Waals surface area (Å²) >= 11 is 0. The maximum atomic E-state index is 12.6. The Hall–Kier alpha value is -2.53. The van der Waals surface area contributed by atoms with Crippen molar-refractivity contribution >= 4 is 5.91 Å². The van der Waals surface area contributed by atoms with Crippen LogP contribution in [0.2, 0.25) is 0 Å². The van der Waals surface area contributed by atoms with Crippen LogP contribution in [-0.4, -0.2) is 47.7 Å². The lowest BCUT2D eigenvalue weighted by Gasteiger charge is -2.45. The summed E-state index contributed by atoms with van der Waals surface area (Å²) in [5.74, 6) is 1.33. The molecule has 0 bridgehead atoms. The molecule has 1 atom stereocenters. The van der Waals surface area contributed by atoms with Crippen molar-refractivity contribution in [1.82, 2.24) is 10.2 Å². The third-order valence-corrected chi connectivity index (χ3v) is 6.40. The van der Waals surface area contributed by atoms with Gasteiger partial charge < -0.3 is 20.1 Å². The number of phenolic OH excluding ortho intramolecular Hbond substituents is 1. The lowest BCUT2D eigenvalue weighted by molar-refractivity contribution is 0.0113. The summed E-state index contributed by atoms with van der Waals surface area (Å²) in [5, 5.41) is 13.5. The van der Waals surface area contributed by atoms with Crippen LogP contribution in [0.4, 0.5) is 0 Å². The van der Waals surface area contributed by atoms with E-state index in [9.17, 15) is 9.90 Å². The van der Waals surface area contributed by atoms with Crippen molar-refractivity contribution in [3.8, 4) is 11.5 Å². The molecule has 2 aromatic rings. The highest BCUT2D eigenvalue weighted by molar-refractivity contribution is 5.94. The van der Waals surface area contributed by atoms with Gasteiger partial charge in [0.2, 0.25) is 0 Å². The molecule has 1 spiro atoms. The Morgan fingerprint density at radius 3 is 2.48 bits per heavy atom. The number of amides is 1. The Balaban J connectivity index is 1.67. The van der Waals surface area contributed by atoms with E-state index in [1.54, 1.807) is 6.07 Å². The molecule has 1 fully saturated rings. The Bertz CT molecular complexity index is 868. The van der Waals surface area contributed by atoms with E-state index in [2.05, 4.69) is 17.4 Å². The van der Waals surface area contributed by atoms with Crippen molar-refractivity contribution in [2.45, 2.75) is 44.6 Å².